The smallest absolute Gasteiger partial charge is 0.188 e. The van der Waals surface area contributed by atoms with E-state index in [1.165, 1.54) is 25.9 Å². The second-order valence-electron chi connectivity index (χ2n) is 5.60. The van der Waals surface area contributed by atoms with Crippen LogP contribution in [0.15, 0.2) is 17.1 Å². The lowest BCUT2D eigenvalue weighted by molar-refractivity contribution is 0.150. The average Bonchev–Trinajstić information content (AvgIpc) is 2.34. The normalized spacial score (nSPS) is 19.6. The zero-order chi connectivity index (χ0) is 13.5. The molecule has 112 valence electrons. The van der Waals surface area contributed by atoms with Crippen LogP contribution in [0.25, 0.3) is 0 Å². The summed E-state index contributed by atoms with van der Waals surface area (Å²) in [7, 11) is 0. The second-order valence-corrected chi connectivity index (χ2v) is 5.60. The average molecular weight is 380 g/mol. The number of hydrogen-bond acceptors (Lipinski definition) is 2. The summed E-state index contributed by atoms with van der Waals surface area (Å²) in [6.07, 6.45) is 2.61. The fourth-order valence-electron chi connectivity index (χ4n) is 2.11. The topological polar surface area (TPSA) is 53.6 Å². The minimum Gasteiger partial charge on any atom is -0.370 e. The lowest BCUT2D eigenvalue weighted by atomic mass is 9.98. The summed E-state index contributed by atoms with van der Waals surface area (Å²) in [5, 5.41) is 3.06. The first-order chi connectivity index (χ1) is 8.49. The van der Waals surface area contributed by atoms with Crippen LogP contribution < -0.4 is 11.1 Å². The number of guanidine groups is 1. The maximum absolute atomic E-state index is 5.80. The Hall–Kier alpha value is -0.300. The van der Waals surface area contributed by atoms with E-state index in [1.54, 1.807) is 0 Å². The third-order valence-electron chi connectivity index (χ3n) is 3.54. The Morgan fingerprint density at radius 2 is 2.05 bits per heavy atom. The number of nitrogens with two attached hydrogens (primary N) is 1. The maximum Gasteiger partial charge on any atom is 0.188 e. The molecule has 1 fully saturated rings. The van der Waals surface area contributed by atoms with Gasteiger partial charge in [-0.1, -0.05) is 19.1 Å². The number of nitrogens with one attached hydrogen (secondary N) is 1. The molecule has 0 aromatic rings. The molecule has 0 aliphatic carbocycles. The van der Waals surface area contributed by atoms with E-state index in [1.807, 2.05) is 6.92 Å². The molecule has 4 nitrogen and oxygen atoms in total. The van der Waals surface area contributed by atoms with Gasteiger partial charge in [-0.2, -0.15) is 0 Å². The molecule has 0 aromatic carbocycles. The third-order valence-corrected chi connectivity index (χ3v) is 3.54. The summed E-state index contributed by atoms with van der Waals surface area (Å²) in [6, 6.07) is 0.475. The first-order valence-electron chi connectivity index (χ1n) is 6.91. The zero-order valence-electron chi connectivity index (χ0n) is 12.5. The van der Waals surface area contributed by atoms with Crippen LogP contribution in [-0.2, 0) is 0 Å². The standard InChI is InChI=1S/C14H28N4.HI/c1-11(2)9-16-14(15)17-10-13(4)18-7-5-12(3)6-8-18;/h12-13H,1,5-10H2,2-4H3,(H3,15,16,17);1H. The fraction of sp³-hybridized carbons (Fsp3) is 0.786. The van der Waals surface area contributed by atoms with Crippen molar-refractivity contribution in [2.24, 2.45) is 16.6 Å². The highest BCUT2D eigenvalue weighted by Crippen LogP contribution is 2.17. The number of rotatable bonds is 5. The van der Waals surface area contributed by atoms with E-state index in [0.717, 1.165) is 18.0 Å². The molecule has 19 heavy (non-hydrogen) atoms. The van der Waals surface area contributed by atoms with Crippen molar-refractivity contribution in [2.75, 3.05) is 26.2 Å². The van der Waals surface area contributed by atoms with Gasteiger partial charge in [-0.3, -0.25) is 9.89 Å². The number of likely N-dealkylation sites (tertiary alicyclic amines) is 1. The summed E-state index contributed by atoms with van der Waals surface area (Å²) in [6.45, 7) is 14.2. The highest BCUT2D eigenvalue weighted by molar-refractivity contribution is 14.0. The van der Waals surface area contributed by atoms with Crippen molar-refractivity contribution in [3.05, 3.63) is 12.2 Å². The second kappa shape index (κ2) is 9.58. The van der Waals surface area contributed by atoms with Gasteiger partial charge in [0.25, 0.3) is 0 Å². The van der Waals surface area contributed by atoms with Crippen molar-refractivity contribution in [1.29, 1.82) is 0 Å². The third kappa shape index (κ3) is 7.77. The lowest BCUT2D eigenvalue weighted by Gasteiger charge is -2.34. The van der Waals surface area contributed by atoms with Crippen LogP contribution >= 0.6 is 24.0 Å². The molecule has 0 amide bonds. The van der Waals surface area contributed by atoms with Gasteiger partial charge in [0.1, 0.15) is 0 Å². The van der Waals surface area contributed by atoms with Crippen LogP contribution in [0.4, 0.5) is 0 Å². The molecule has 1 saturated heterocycles. The molecule has 0 bridgehead atoms. The molecule has 1 rings (SSSR count). The summed E-state index contributed by atoms with van der Waals surface area (Å²) in [4.78, 5) is 6.90. The predicted molar refractivity (Wildman–Crippen MR) is 94.2 cm³/mol. The number of halogens is 1. The molecule has 1 aliphatic rings. The summed E-state index contributed by atoms with van der Waals surface area (Å²) in [5.74, 6) is 1.40. The van der Waals surface area contributed by atoms with Gasteiger partial charge in [-0.15, -0.1) is 24.0 Å². The van der Waals surface area contributed by atoms with E-state index in [4.69, 9.17) is 5.73 Å². The SMILES string of the molecule is C=C(C)CNC(N)=NCC(C)N1CCC(C)CC1.I. The Balaban J connectivity index is 0.00000324. The predicted octanol–water partition coefficient (Wildman–Crippen LogP) is 2.21. The summed E-state index contributed by atoms with van der Waals surface area (Å²) >= 11 is 0. The van der Waals surface area contributed by atoms with Crippen LogP contribution in [0.5, 0.6) is 0 Å². The van der Waals surface area contributed by atoms with E-state index >= 15 is 0 Å². The van der Waals surface area contributed by atoms with E-state index < -0.39 is 0 Å². The highest BCUT2D eigenvalue weighted by Gasteiger charge is 2.19. The van der Waals surface area contributed by atoms with Gasteiger partial charge in [-0.05, 0) is 45.7 Å². The first-order valence-corrected chi connectivity index (χ1v) is 6.91. The molecule has 0 saturated carbocycles. The van der Waals surface area contributed by atoms with Crippen LogP contribution in [0, 0.1) is 5.92 Å². The van der Waals surface area contributed by atoms with Gasteiger partial charge in [0.2, 0.25) is 0 Å². The van der Waals surface area contributed by atoms with Gasteiger partial charge in [0.05, 0.1) is 6.54 Å². The van der Waals surface area contributed by atoms with Crippen LogP contribution in [0.2, 0.25) is 0 Å². The first kappa shape index (κ1) is 18.7. The van der Waals surface area contributed by atoms with Crippen molar-refractivity contribution in [3.8, 4) is 0 Å². The van der Waals surface area contributed by atoms with E-state index in [9.17, 15) is 0 Å². The molecule has 1 unspecified atom stereocenters. The molecule has 1 atom stereocenters. The molecular formula is C14H29IN4. The number of aliphatic imine (C=N–C) groups is 1. The number of nitrogens with zero attached hydrogens (tertiary/aromatic N) is 2. The zero-order valence-corrected chi connectivity index (χ0v) is 14.8. The molecule has 1 heterocycles. The minimum atomic E-state index is 0. The van der Waals surface area contributed by atoms with Gasteiger partial charge in [0, 0.05) is 12.6 Å². The Bertz CT molecular complexity index is 296. The lowest BCUT2D eigenvalue weighted by Crippen LogP contribution is -2.42. The largest absolute Gasteiger partial charge is 0.370 e. The molecule has 0 aromatic heterocycles. The van der Waals surface area contributed by atoms with Gasteiger partial charge < -0.3 is 11.1 Å². The Morgan fingerprint density at radius 3 is 2.58 bits per heavy atom. The molecule has 5 heteroatoms. The van der Waals surface area contributed by atoms with Gasteiger partial charge in [-0.25, -0.2) is 0 Å². The van der Waals surface area contributed by atoms with Crippen molar-refractivity contribution in [1.82, 2.24) is 10.2 Å². The van der Waals surface area contributed by atoms with E-state index in [-0.39, 0.29) is 24.0 Å². The molecule has 0 radical (unpaired) electrons. The Labute approximate surface area is 134 Å². The Morgan fingerprint density at radius 1 is 1.47 bits per heavy atom. The van der Waals surface area contributed by atoms with Crippen molar-refractivity contribution in [2.45, 2.75) is 39.7 Å². The van der Waals surface area contributed by atoms with Crippen molar-refractivity contribution in [3.63, 3.8) is 0 Å². The van der Waals surface area contributed by atoms with E-state index in [0.29, 0.717) is 18.5 Å². The van der Waals surface area contributed by atoms with Crippen LogP contribution in [0.3, 0.4) is 0 Å². The van der Waals surface area contributed by atoms with Gasteiger partial charge in [0.15, 0.2) is 5.96 Å². The maximum atomic E-state index is 5.80. The number of piperidine rings is 1. The molecular weight excluding hydrogens is 351 g/mol. The summed E-state index contributed by atoms with van der Waals surface area (Å²) < 4.78 is 0. The number of hydrogen-bond donors (Lipinski definition) is 2. The van der Waals surface area contributed by atoms with Crippen LogP contribution in [-0.4, -0.2) is 43.1 Å². The molecule has 0 spiro atoms. The Kier molecular flexibility index (Phi) is 9.43. The summed E-state index contributed by atoms with van der Waals surface area (Å²) in [5.41, 5.74) is 6.86. The molecule has 3 N–H and O–H groups in total. The van der Waals surface area contributed by atoms with Crippen molar-refractivity contribution >= 4 is 29.9 Å². The van der Waals surface area contributed by atoms with Crippen LogP contribution in [0.1, 0.15) is 33.6 Å². The van der Waals surface area contributed by atoms with Crippen molar-refractivity contribution < 1.29 is 0 Å². The fourth-order valence-corrected chi connectivity index (χ4v) is 2.11. The van der Waals surface area contributed by atoms with Gasteiger partial charge >= 0.3 is 0 Å². The highest BCUT2D eigenvalue weighted by atomic mass is 127. The molecule has 1 aliphatic heterocycles. The monoisotopic (exact) mass is 380 g/mol. The van der Waals surface area contributed by atoms with E-state index in [2.05, 4.69) is 35.6 Å². The quantitative estimate of drug-likeness (QED) is 0.333. The minimum absolute atomic E-state index is 0.